The van der Waals surface area contributed by atoms with Crippen LogP contribution in [0, 0.1) is 17.3 Å². The molecule has 0 aromatic heterocycles. The summed E-state index contributed by atoms with van der Waals surface area (Å²) < 4.78 is 5.32. The van der Waals surface area contributed by atoms with Gasteiger partial charge in [0.1, 0.15) is 10.2 Å². The summed E-state index contributed by atoms with van der Waals surface area (Å²) in [5, 5.41) is 2.96. The molecule has 1 amide bonds. The van der Waals surface area contributed by atoms with Crippen molar-refractivity contribution < 1.29 is 9.53 Å². The maximum Gasteiger partial charge on any atom is 0.224 e. The first-order valence-electron chi connectivity index (χ1n) is 6.79. The average Bonchev–Trinajstić information content (AvgIpc) is 2.97. The smallest absolute Gasteiger partial charge is 0.224 e. The lowest BCUT2D eigenvalue weighted by Gasteiger charge is -2.07. The summed E-state index contributed by atoms with van der Waals surface area (Å²) in [6.07, 6.45) is 1.75. The fourth-order valence-corrected chi connectivity index (χ4v) is 2.94. The van der Waals surface area contributed by atoms with E-state index in [0.29, 0.717) is 6.54 Å². The van der Waals surface area contributed by atoms with Crippen LogP contribution in [0.5, 0.6) is 5.75 Å². The number of nitrogens with one attached hydrogen (secondary N) is 1. The fraction of sp³-hybridized carbons (Fsp3) is 0.438. The van der Waals surface area contributed by atoms with Crippen molar-refractivity contribution in [3.63, 3.8) is 0 Å². The van der Waals surface area contributed by atoms with Gasteiger partial charge in [0.25, 0.3) is 0 Å². The number of rotatable bonds is 5. The monoisotopic (exact) mass is 327 g/mol. The van der Waals surface area contributed by atoms with Crippen LogP contribution in [0.15, 0.2) is 34.8 Å². The number of allylic oxidation sites excluding steroid dienone is 1. The molecule has 0 bridgehead atoms. The molecule has 0 unspecified atom stereocenters. The molecule has 0 saturated heterocycles. The zero-order valence-corrected chi connectivity index (χ0v) is 13.8. The molecule has 1 fully saturated rings. The molecule has 3 nitrogen and oxygen atoms in total. The molecule has 0 radical (unpaired) electrons. The van der Waals surface area contributed by atoms with Crippen LogP contribution >= 0.6 is 23.2 Å². The van der Waals surface area contributed by atoms with Gasteiger partial charge in [0.2, 0.25) is 5.91 Å². The van der Waals surface area contributed by atoms with E-state index >= 15 is 0 Å². The van der Waals surface area contributed by atoms with Gasteiger partial charge in [0.15, 0.2) is 0 Å². The van der Waals surface area contributed by atoms with Gasteiger partial charge in [-0.1, -0.05) is 49.2 Å². The molecule has 1 aliphatic carbocycles. The Labute approximate surface area is 135 Å². The zero-order chi connectivity index (χ0) is 15.6. The highest BCUT2D eigenvalue weighted by atomic mass is 35.5. The summed E-state index contributed by atoms with van der Waals surface area (Å²) in [5.41, 5.74) is 0.934. The van der Waals surface area contributed by atoms with E-state index in [1.807, 2.05) is 38.1 Å². The number of ether oxygens (including phenoxy) is 1. The summed E-state index contributed by atoms with van der Waals surface area (Å²) in [4.78, 5) is 12.3. The van der Waals surface area contributed by atoms with E-state index in [0.717, 1.165) is 11.3 Å². The molecule has 1 N–H and O–H groups in total. The molecule has 114 valence electrons. The highest BCUT2D eigenvalue weighted by Crippen LogP contribution is 2.59. The first kappa shape index (κ1) is 16.2. The Morgan fingerprint density at radius 3 is 2.48 bits per heavy atom. The van der Waals surface area contributed by atoms with Crippen molar-refractivity contribution in [3.8, 4) is 5.75 Å². The molecular weight excluding hydrogens is 309 g/mol. The van der Waals surface area contributed by atoms with Crippen LogP contribution in [-0.4, -0.2) is 13.0 Å². The number of benzene rings is 1. The number of hydrogen-bond acceptors (Lipinski definition) is 2. The molecule has 1 aromatic rings. The van der Waals surface area contributed by atoms with Crippen LogP contribution in [0.4, 0.5) is 0 Å². The predicted molar refractivity (Wildman–Crippen MR) is 85.4 cm³/mol. The highest BCUT2D eigenvalue weighted by molar-refractivity contribution is 6.55. The van der Waals surface area contributed by atoms with Crippen LogP contribution in [0.25, 0.3) is 0 Å². The van der Waals surface area contributed by atoms with Crippen molar-refractivity contribution in [1.82, 2.24) is 5.32 Å². The Hall–Kier alpha value is -1.19. The molecule has 0 aliphatic heterocycles. The lowest BCUT2D eigenvalue weighted by molar-refractivity contribution is -0.123. The number of halogens is 2. The quantitative estimate of drug-likeness (QED) is 0.890. The van der Waals surface area contributed by atoms with Crippen molar-refractivity contribution >= 4 is 29.1 Å². The predicted octanol–water partition coefficient (Wildman–Crippen LogP) is 3.90. The standard InChI is InChI=1S/C16H19Cl2NO2/c1-16(2)12(8-13(17)18)14(16)15(20)19-9-10-4-6-11(21-3)7-5-10/h4-8,12,14H,9H2,1-3H3,(H,19,20)/t12-,14-/m1/s1. The minimum atomic E-state index is -0.0982. The number of carbonyl (C=O) groups excluding carboxylic acids is 1. The highest BCUT2D eigenvalue weighted by Gasteiger charge is 2.60. The van der Waals surface area contributed by atoms with E-state index in [9.17, 15) is 4.79 Å². The fourth-order valence-electron chi connectivity index (χ4n) is 2.67. The third-order valence-corrected chi connectivity index (χ3v) is 4.38. The summed E-state index contributed by atoms with van der Waals surface area (Å²) in [5.74, 6) is 0.851. The Balaban J connectivity index is 1.92. The van der Waals surface area contributed by atoms with E-state index in [1.54, 1.807) is 13.2 Å². The summed E-state index contributed by atoms with van der Waals surface area (Å²) in [7, 11) is 1.63. The zero-order valence-electron chi connectivity index (χ0n) is 12.3. The second-order valence-corrected chi connectivity index (χ2v) is 6.85. The summed E-state index contributed by atoms with van der Waals surface area (Å²) >= 11 is 11.4. The average molecular weight is 328 g/mol. The molecule has 1 saturated carbocycles. The first-order chi connectivity index (χ1) is 9.86. The van der Waals surface area contributed by atoms with Gasteiger partial charge in [-0.05, 0) is 35.1 Å². The Morgan fingerprint density at radius 1 is 1.33 bits per heavy atom. The molecule has 2 atom stereocenters. The van der Waals surface area contributed by atoms with Crippen LogP contribution in [0.2, 0.25) is 0 Å². The maximum atomic E-state index is 12.3. The maximum absolute atomic E-state index is 12.3. The van der Waals surface area contributed by atoms with E-state index in [2.05, 4.69) is 5.32 Å². The van der Waals surface area contributed by atoms with Crippen LogP contribution in [0.1, 0.15) is 19.4 Å². The molecular formula is C16H19Cl2NO2. The SMILES string of the molecule is COc1ccc(CNC(=O)[C@H]2[C@@H](C=C(Cl)Cl)C2(C)C)cc1. The van der Waals surface area contributed by atoms with Crippen molar-refractivity contribution in [1.29, 1.82) is 0 Å². The van der Waals surface area contributed by atoms with Gasteiger partial charge in [0, 0.05) is 6.54 Å². The summed E-state index contributed by atoms with van der Waals surface area (Å²) in [6.45, 7) is 4.59. The first-order valence-corrected chi connectivity index (χ1v) is 7.55. The van der Waals surface area contributed by atoms with Crippen molar-refractivity contribution in [2.75, 3.05) is 7.11 Å². The lowest BCUT2D eigenvalue weighted by Crippen LogP contribution is -2.26. The second-order valence-electron chi connectivity index (χ2n) is 5.85. The van der Waals surface area contributed by atoms with Crippen LogP contribution in [-0.2, 0) is 11.3 Å². The largest absolute Gasteiger partial charge is 0.497 e. The van der Waals surface area contributed by atoms with Gasteiger partial charge in [-0.2, -0.15) is 0 Å². The minimum absolute atomic E-state index is 0.0339. The number of hydrogen-bond donors (Lipinski definition) is 1. The number of carbonyl (C=O) groups is 1. The minimum Gasteiger partial charge on any atom is -0.497 e. The van der Waals surface area contributed by atoms with Gasteiger partial charge >= 0.3 is 0 Å². The third-order valence-electron chi connectivity index (χ3n) is 4.12. The van der Waals surface area contributed by atoms with E-state index in [-0.39, 0.29) is 27.6 Å². The van der Waals surface area contributed by atoms with Gasteiger partial charge in [-0.15, -0.1) is 0 Å². The summed E-state index contributed by atoms with van der Waals surface area (Å²) in [6, 6.07) is 7.62. The molecule has 5 heteroatoms. The normalized spacial score (nSPS) is 22.3. The molecule has 2 rings (SSSR count). The van der Waals surface area contributed by atoms with E-state index < -0.39 is 0 Å². The van der Waals surface area contributed by atoms with Gasteiger partial charge in [-0.3, -0.25) is 4.79 Å². The van der Waals surface area contributed by atoms with Crippen molar-refractivity contribution in [3.05, 3.63) is 40.4 Å². The molecule has 0 spiro atoms. The van der Waals surface area contributed by atoms with E-state index in [1.165, 1.54) is 0 Å². The van der Waals surface area contributed by atoms with Crippen molar-refractivity contribution in [2.45, 2.75) is 20.4 Å². The Kier molecular flexibility index (Phi) is 4.84. The Bertz CT molecular complexity index is 548. The second kappa shape index (κ2) is 6.29. The Morgan fingerprint density at radius 2 is 1.95 bits per heavy atom. The van der Waals surface area contributed by atoms with Gasteiger partial charge in [0.05, 0.1) is 13.0 Å². The van der Waals surface area contributed by atoms with Crippen LogP contribution in [0.3, 0.4) is 0 Å². The van der Waals surface area contributed by atoms with E-state index in [4.69, 9.17) is 27.9 Å². The number of amides is 1. The van der Waals surface area contributed by atoms with Gasteiger partial charge < -0.3 is 10.1 Å². The molecule has 21 heavy (non-hydrogen) atoms. The third kappa shape index (κ3) is 3.72. The van der Waals surface area contributed by atoms with Crippen LogP contribution < -0.4 is 10.1 Å². The molecule has 1 aromatic carbocycles. The topological polar surface area (TPSA) is 38.3 Å². The van der Waals surface area contributed by atoms with Crippen molar-refractivity contribution in [2.24, 2.45) is 17.3 Å². The molecule has 1 aliphatic rings. The molecule has 0 heterocycles. The number of methoxy groups -OCH3 is 1. The lowest BCUT2D eigenvalue weighted by atomic mass is 10.1. The van der Waals surface area contributed by atoms with Gasteiger partial charge in [-0.25, -0.2) is 0 Å².